The lowest BCUT2D eigenvalue weighted by atomic mass is 9.88. The van der Waals surface area contributed by atoms with Crippen LogP contribution in [0.4, 0.5) is 0 Å². The first kappa shape index (κ1) is 15.1. The largest absolute Gasteiger partial charge is 0.394 e. The number of aliphatic hydroxyl groups excluding tert-OH is 1. The van der Waals surface area contributed by atoms with Crippen LogP contribution < -0.4 is 5.32 Å². The molecule has 5 heteroatoms. The molecule has 0 bridgehead atoms. The molecule has 1 aromatic heterocycles. The highest BCUT2D eigenvalue weighted by Gasteiger charge is 2.29. The van der Waals surface area contributed by atoms with Crippen LogP contribution in [0.2, 0.25) is 0 Å². The number of nitrogens with zero attached hydrogens (tertiary/aromatic N) is 2. The molecule has 0 aliphatic carbocycles. The van der Waals surface area contributed by atoms with Gasteiger partial charge in [0.1, 0.15) is 0 Å². The van der Waals surface area contributed by atoms with Crippen LogP contribution >= 0.6 is 11.8 Å². The zero-order valence-corrected chi connectivity index (χ0v) is 12.7. The lowest BCUT2D eigenvalue weighted by molar-refractivity contribution is 0.165. The first-order chi connectivity index (χ1) is 9.70. The van der Waals surface area contributed by atoms with Crippen molar-refractivity contribution in [3.8, 4) is 0 Å². The average molecular weight is 291 g/mol. The summed E-state index contributed by atoms with van der Waals surface area (Å²) in [6.45, 7) is 0.0844. The highest BCUT2D eigenvalue weighted by Crippen LogP contribution is 2.28. The van der Waals surface area contributed by atoms with Crippen molar-refractivity contribution < 1.29 is 5.11 Å². The number of aromatic nitrogens is 2. The summed E-state index contributed by atoms with van der Waals surface area (Å²) in [4.78, 5) is 1.16. The molecule has 2 aromatic rings. The number of hydrogen-bond donors (Lipinski definition) is 2. The van der Waals surface area contributed by atoms with Crippen LogP contribution in [0.15, 0.2) is 47.6 Å². The van der Waals surface area contributed by atoms with Crippen LogP contribution in [-0.2, 0) is 12.6 Å². The molecule has 20 heavy (non-hydrogen) atoms. The van der Waals surface area contributed by atoms with Gasteiger partial charge in [-0.1, -0.05) is 30.3 Å². The van der Waals surface area contributed by atoms with Gasteiger partial charge >= 0.3 is 0 Å². The van der Waals surface area contributed by atoms with Gasteiger partial charge < -0.3 is 10.4 Å². The standard InChI is InChI=1S/C15H21N3OS/c1-16-15(12-19,13-6-4-3-5-7-13)8-9-20-14-10-17-18(2)11-14/h3-7,10-11,16,19H,8-9,12H2,1-2H3. The fourth-order valence-electron chi connectivity index (χ4n) is 2.24. The number of hydrogen-bond acceptors (Lipinski definition) is 4. The van der Waals surface area contributed by atoms with Gasteiger partial charge in [-0.15, -0.1) is 11.8 Å². The van der Waals surface area contributed by atoms with E-state index in [2.05, 4.69) is 22.5 Å². The van der Waals surface area contributed by atoms with Crippen LogP contribution in [0.3, 0.4) is 0 Å². The predicted octanol–water partition coefficient (Wildman–Crippen LogP) is 2.01. The molecule has 0 saturated heterocycles. The average Bonchev–Trinajstić information content (AvgIpc) is 2.90. The van der Waals surface area contributed by atoms with Gasteiger partial charge in [-0.3, -0.25) is 4.68 Å². The van der Waals surface area contributed by atoms with E-state index in [4.69, 9.17) is 0 Å². The van der Waals surface area contributed by atoms with Crippen LogP contribution in [0.1, 0.15) is 12.0 Å². The van der Waals surface area contributed by atoms with Crippen molar-refractivity contribution >= 4 is 11.8 Å². The Balaban J connectivity index is 2.02. The second-order valence-corrected chi connectivity index (χ2v) is 5.97. The smallest absolute Gasteiger partial charge is 0.0674 e. The molecule has 0 aliphatic rings. The highest BCUT2D eigenvalue weighted by atomic mass is 32.2. The Morgan fingerprint density at radius 2 is 2.10 bits per heavy atom. The number of aliphatic hydroxyl groups is 1. The van der Waals surface area contributed by atoms with Gasteiger partial charge in [-0.2, -0.15) is 5.10 Å². The van der Waals surface area contributed by atoms with E-state index in [0.717, 1.165) is 22.6 Å². The number of benzene rings is 1. The van der Waals surface area contributed by atoms with E-state index >= 15 is 0 Å². The number of nitrogens with one attached hydrogen (secondary N) is 1. The van der Waals surface area contributed by atoms with Gasteiger partial charge in [0.15, 0.2) is 0 Å². The fraction of sp³-hybridized carbons (Fsp3) is 0.400. The second-order valence-electron chi connectivity index (χ2n) is 4.80. The molecular weight excluding hydrogens is 270 g/mol. The van der Waals surface area contributed by atoms with Crippen molar-refractivity contribution in [3.05, 3.63) is 48.3 Å². The summed E-state index contributed by atoms with van der Waals surface area (Å²) < 4.78 is 1.80. The molecule has 108 valence electrons. The molecule has 1 unspecified atom stereocenters. The minimum atomic E-state index is -0.379. The lowest BCUT2D eigenvalue weighted by Gasteiger charge is -2.32. The normalized spacial score (nSPS) is 14.2. The Morgan fingerprint density at radius 1 is 1.35 bits per heavy atom. The van der Waals surface area contributed by atoms with Crippen LogP contribution in [-0.4, -0.2) is 34.3 Å². The molecule has 2 N–H and O–H groups in total. The van der Waals surface area contributed by atoms with Crippen LogP contribution in [0, 0.1) is 0 Å². The third-order valence-corrected chi connectivity index (χ3v) is 4.51. The molecule has 1 aromatic carbocycles. The van der Waals surface area contributed by atoms with E-state index in [1.807, 2.05) is 44.7 Å². The maximum Gasteiger partial charge on any atom is 0.0674 e. The summed E-state index contributed by atoms with van der Waals surface area (Å²) in [7, 11) is 3.82. The zero-order valence-electron chi connectivity index (χ0n) is 11.9. The Morgan fingerprint density at radius 3 is 2.65 bits per heavy atom. The first-order valence-corrected chi connectivity index (χ1v) is 7.65. The van der Waals surface area contributed by atoms with Crippen molar-refractivity contribution in [2.45, 2.75) is 16.9 Å². The molecule has 0 spiro atoms. The van der Waals surface area contributed by atoms with Gasteiger partial charge in [0.25, 0.3) is 0 Å². The van der Waals surface area contributed by atoms with Crippen molar-refractivity contribution in [3.63, 3.8) is 0 Å². The van der Waals surface area contributed by atoms with Crippen molar-refractivity contribution in [2.24, 2.45) is 7.05 Å². The van der Waals surface area contributed by atoms with Gasteiger partial charge in [0.05, 0.1) is 18.3 Å². The topological polar surface area (TPSA) is 50.1 Å². The molecule has 0 saturated carbocycles. The van der Waals surface area contributed by atoms with Crippen molar-refractivity contribution in [1.29, 1.82) is 0 Å². The summed E-state index contributed by atoms with van der Waals surface area (Å²) in [5, 5.41) is 17.3. The van der Waals surface area contributed by atoms with E-state index in [0.29, 0.717) is 0 Å². The molecule has 0 radical (unpaired) electrons. The minimum Gasteiger partial charge on any atom is -0.394 e. The number of thioether (sulfide) groups is 1. The number of aryl methyl sites for hydroxylation is 1. The third-order valence-electron chi connectivity index (χ3n) is 3.55. The zero-order chi connectivity index (χ0) is 14.4. The van der Waals surface area contributed by atoms with E-state index < -0.39 is 0 Å². The quantitative estimate of drug-likeness (QED) is 0.766. The van der Waals surface area contributed by atoms with Gasteiger partial charge in [-0.25, -0.2) is 0 Å². The Kier molecular flexibility index (Phi) is 5.23. The van der Waals surface area contributed by atoms with Crippen molar-refractivity contribution in [2.75, 3.05) is 19.4 Å². The predicted molar refractivity (Wildman–Crippen MR) is 82.8 cm³/mol. The fourth-order valence-corrected chi connectivity index (χ4v) is 3.27. The van der Waals surface area contributed by atoms with Crippen molar-refractivity contribution in [1.82, 2.24) is 15.1 Å². The molecule has 1 atom stereocenters. The van der Waals surface area contributed by atoms with E-state index in [-0.39, 0.29) is 12.1 Å². The molecule has 0 fully saturated rings. The summed E-state index contributed by atoms with van der Waals surface area (Å²) >= 11 is 1.76. The Labute approximate surface area is 124 Å². The molecule has 2 rings (SSSR count). The Bertz CT molecular complexity index is 523. The second kappa shape index (κ2) is 6.92. The number of likely N-dealkylation sites (N-methyl/N-ethyl adjacent to an activating group) is 1. The summed E-state index contributed by atoms with van der Waals surface area (Å²) in [6.07, 6.45) is 4.73. The molecular formula is C15H21N3OS. The van der Waals surface area contributed by atoms with Gasteiger partial charge in [-0.05, 0) is 19.0 Å². The van der Waals surface area contributed by atoms with Gasteiger partial charge in [0, 0.05) is 23.9 Å². The van der Waals surface area contributed by atoms with E-state index in [1.54, 1.807) is 16.4 Å². The SMILES string of the molecule is CNC(CO)(CCSc1cnn(C)c1)c1ccccc1. The van der Waals surface area contributed by atoms with Crippen LogP contribution in [0.5, 0.6) is 0 Å². The third kappa shape index (κ3) is 3.42. The molecule has 0 aliphatic heterocycles. The maximum atomic E-state index is 9.84. The highest BCUT2D eigenvalue weighted by molar-refractivity contribution is 7.99. The lowest BCUT2D eigenvalue weighted by Crippen LogP contribution is -2.44. The maximum absolute atomic E-state index is 9.84. The summed E-state index contributed by atoms with van der Waals surface area (Å²) in [6, 6.07) is 10.1. The van der Waals surface area contributed by atoms with E-state index in [1.165, 1.54) is 0 Å². The summed E-state index contributed by atoms with van der Waals surface area (Å²) in [5.41, 5.74) is 0.744. The monoisotopic (exact) mass is 291 g/mol. The molecule has 4 nitrogen and oxygen atoms in total. The van der Waals surface area contributed by atoms with Gasteiger partial charge in [0.2, 0.25) is 0 Å². The van der Waals surface area contributed by atoms with Crippen LogP contribution in [0.25, 0.3) is 0 Å². The van der Waals surface area contributed by atoms with E-state index in [9.17, 15) is 5.11 Å². The first-order valence-electron chi connectivity index (χ1n) is 6.67. The molecule has 0 amide bonds. The number of rotatable bonds is 7. The summed E-state index contributed by atoms with van der Waals surface area (Å²) in [5.74, 6) is 0.919. The molecule has 1 heterocycles. The minimum absolute atomic E-state index is 0.0844. The Hall–Kier alpha value is -1.30.